The number of hydrogen-bond acceptors (Lipinski definition) is 3. The van der Waals surface area contributed by atoms with Crippen LogP contribution in [0.15, 0.2) is 67.0 Å². The van der Waals surface area contributed by atoms with Gasteiger partial charge in [0, 0.05) is 18.0 Å². The average Bonchev–Trinajstić information content (AvgIpc) is 3.27. The third-order valence-electron chi connectivity index (χ3n) is 5.42. The second-order valence-corrected chi connectivity index (χ2v) is 7.56. The normalized spacial score (nSPS) is 14.0. The maximum atomic E-state index is 13.5. The zero-order valence-electron chi connectivity index (χ0n) is 17.0. The number of halogens is 3. The largest absolute Gasteiger partial charge is 0.488 e. The highest BCUT2D eigenvalue weighted by molar-refractivity contribution is 5.96. The van der Waals surface area contributed by atoms with Gasteiger partial charge in [0.15, 0.2) is 0 Å². The van der Waals surface area contributed by atoms with Crippen molar-refractivity contribution in [3.05, 3.63) is 94.8 Å². The Hall–Kier alpha value is -3.61. The van der Waals surface area contributed by atoms with Gasteiger partial charge in [0.2, 0.25) is 0 Å². The Morgan fingerprint density at radius 1 is 1.00 bits per heavy atom. The number of ether oxygens (including phenoxy) is 1. The molecule has 0 saturated heterocycles. The minimum Gasteiger partial charge on any atom is -0.488 e. The fourth-order valence-electron chi connectivity index (χ4n) is 3.88. The molecule has 4 nitrogen and oxygen atoms in total. The Bertz CT molecular complexity index is 1170. The summed E-state index contributed by atoms with van der Waals surface area (Å²) in [7, 11) is 0. The summed E-state index contributed by atoms with van der Waals surface area (Å²) in [5.74, 6) is -0.746. The molecule has 164 valence electrons. The number of carbonyl (C=O) groups is 1. The molecule has 1 heterocycles. The van der Waals surface area contributed by atoms with Gasteiger partial charge in [-0.2, -0.15) is 13.2 Å². The molecule has 7 heteroatoms. The van der Waals surface area contributed by atoms with Crippen LogP contribution in [0.3, 0.4) is 0 Å². The smallest absolute Gasteiger partial charge is 0.416 e. The minimum atomic E-state index is -4.49. The number of hydrogen-bond donors (Lipinski definition) is 1. The number of carboxylic acid groups (broad SMARTS) is 1. The maximum absolute atomic E-state index is 13.5. The molecule has 3 aromatic rings. The first-order chi connectivity index (χ1) is 15.3. The van der Waals surface area contributed by atoms with Gasteiger partial charge in [0.05, 0.1) is 11.1 Å². The molecule has 4 rings (SSSR count). The van der Waals surface area contributed by atoms with Crippen LogP contribution in [0.25, 0.3) is 11.1 Å². The number of carboxylic acids is 1. The summed E-state index contributed by atoms with van der Waals surface area (Å²) < 4.78 is 46.3. The molecular formula is C25H20F3NO3. The van der Waals surface area contributed by atoms with Gasteiger partial charge in [-0.3, -0.25) is 4.98 Å². The van der Waals surface area contributed by atoms with E-state index in [0.29, 0.717) is 29.7 Å². The number of allylic oxidation sites excluding steroid dienone is 2. The average molecular weight is 439 g/mol. The quantitative estimate of drug-likeness (QED) is 0.478. The summed E-state index contributed by atoms with van der Waals surface area (Å²) in [6.45, 7) is 0.220. The van der Waals surface area contributed by atoms with E-state index in [1.54, 1.807) is 6.20 Å². The number of benzene rings is 2. The second-order valence-electron chi connectivity index (χ2n) is 7.56. The Morgan fingerprint density at radius 3 is 2.47 bits per heavy atom. The summed E-state index contributed by atoms with van der Waals surface area (Å²) in [6.07, 6.45) is 0.238. The van der Waals surface area contributed by atoms with Crippen LogP contribution in [0.2, 0.25) is 0 Å². The number of aromatic nitrogens is 1. The van der Waals surface area contributed by atoms with Crippen molar-refractivity contribution in [3.8, 4) is 5.75 Å². The monoisotopic (exact) mass is 439 g/mol. The Labute approximate surface area is 183 Å². The highest BCUT2D eigenvalue weighted by Gasteiger charge is 2.32. The highest BCUT2D eigenvalue weighted by atomic mass is 19.4. The number of alkyl halides is 3. The van der Waals surface area contributed by atoms with Crippen LogP contribution in [0.4, 0.5) is 13.2 Å². The van der Waals surface area contributed by atoms with Crippen LogP contribution in [0.5, 0.6) is 5.75 Å². The van der Waals surface area contributed by atoms with Gasteiger partial charge in [0.25, 0.3) is 0 Å². The molecule has 1 aliphatic rings. The predicted molar refractivity (Wildman–Crippen MR) is 114 cm³/mol. The first kappa shape index (κ1) is 21.6. The fraction of sp³-hybridized carbons (Fsp3) is 0.200. The molecule has 0 aliphatic heterocycles. The van der Waals surface area contributed by atoms with E-state index >= 15 is 0 Å². The van der Waals surface area contributed by atoms with E-state index in [-0.39, 0.29) is 12.2 Å². The van der Waals surface area contributed by atoms with Crippen LogP contribution in [-0.2, 0) is 12.8 Å². The molecule has 32 heavy (non-hydrogen) atoms. The van der Waals surface area contributed by atoms with Crippen LogP contribution in [0.1, 0.15) is 51.9 Å². The SMILES string of the molecule is O=C(O)c1cncc(C2=C(c3cc(C(F)(F)F)ccc3OCc3ccccc3)CCC2)c1. The summed E-state index contributed by atoms with van der Waals surface area (Å²) in [6, 6.07) is 14.4. The molecule has 0 bridgehead atoms. The molecule has 0 spiro atoms. The number of pyridine rings is 1. The molecule has 0 unspecified atom stereocenters. The summed E-state index contributed by atoms with van der Waals surface area (Å²) in [5.41, 5.74) is 2.68. The second kappa shape index (κ2) is 8.86. The van der Waals surface area contributed by atoms with Gasteiger partial charge >= 0.3 is 12.1 Å². The number of nitrogens with zero attached hydrogens (tertiary/aromatic N) is 1. The lowest BCUT2D eigenvalue weighted by atomic mass is 9.95. The van der Waals surface area contributed by atoms with E-state index in [1.165, 1.54) is 18.3 Å². The Kier molecular flexibility index (Phi) is 5.99. The predicted octanol–water partition coefficient (Wildman–Crippen LogP) is 6.47. The lowest BCUT2D eigenvalue weighted by Crippen LogP contribution is -2.07. The molecule has 1 aromatic heterocycles. The third kappa shape index (κ3) is 4.66. The van der Waals surface area contributed by atoms with E-state index in [2.05, 4.69) is 4.98 Å². The fourth-order valence-corrected chi connectivity index (χ4v) is 3.88. The standard InChI is InChI=1S/C25H20F3NO3/c26-25(27,28)19-9-10-23(32-15-16-5-2-1-3-6-16)22(12-19)21-8-4-7-20(21)17-11-18(24(30)31)14-29-13-17/h1-3,5-6,9-14H,4,7-8,15H2,(H,30,31). The molecule has 0 amide bonds. The van der Waals surface area contributed by atoms with Gasteiger partial charge in [0.1, 0.15) is 12.4 Å². The molecule has 0 fully saturated rings. The van der Waals surface area contributed by atoms with E-state index in [9.17, 15) is 23.1 Å². The molecule has 1 aliphatic carbocycles. The van der Waals surface area contributed by atoms with E-state index in [1.807, 2.05) is 30.3 Å². The van der Waals surface area contributed by atoms with Gasteiger partial charge in [-0.15, -0.1) is 0 Å². The van der Waals surface area contributed by atoms with Crippen molar-refractivity contribution >= 4 is 17.1 Å². The van der Waals surface area contributed by atoms with Crippen LogP contribution < -0.4 is 4.74 Å². The first-order valence-electron chi connectivity index (χ1n) is 10.1. The van der Waals surface area contributed by atoms with E-state index < -0.39 is 17.7 Å². The van der Waals surface area contributed by atoms with Crippen molar-refractivity contribution in [2.24, 2.45) is 0 Å². The van der Waals surface area contributed by atoms with Gasteiger partial charge in [-0.25, -0.2) is 4.79 Å². The van der Waals surface area contributed by atoms with Crippen LogP contribution in [-0.4, -0.2) is 16.1 Å². The summed E-state index contributed by atoms with van der Waals surface area (Å²) >= 11 is 0. The molecule has 0 radical (unpaired) electrons. The van der Waals surface area contributed by atoms with Crippen LogP contribution in [0, 0.1) is 0 Å². The zero-order chi connectivity index (χ0) is 22.7. The van der Waals surface area contributed by atoms with Crippen molar-refractivity contribution in [1.82, 2.24) is 4.98 Å². The molecule has 0 saturated carbocycles. The van der Waals surface area contributed by atoms with Crippen molar-refractivity contribution in [2.45, 2.75) is 32.0 Å². The number of aromatic carboxylic acids is 1. The lowest BCUT2D eigenvalue weighted by molar-refractivity contribution is -0.137. The van der Waals surface area contributed by atoms with E-state index in [4.69, 9.17) is 4.74 Å². The Morgan fingerprint density at radius 2 is 1.75 bits per heavy atom. The first-order valence-corrected chi connectivity index (χ1v) is 10.1. The lowest BCUT2D eigenvalue weighted by Gasteiger charge is -2.17. The molecule has 0 atom stereocenters. The highest BCUT2D eigenvalue weighted by Crippen LogP contribution is 2.44. The third-order valence-corrected chi connectivity index (χ3v) is 5.42. The molecular weight excluding hydrogens is 419 g/mol. The molecule has 1 N–H and O–H groups in total. The molecule has 2 aromatic carbocycles. The van der Waals surface area contributed by atoms with Gasteiger partial charge in [-0.1, -0.05) is 30.3 Å². The van der Waals surface area contributed by atoms with Crippen LogP contribution >= 0.6 is 0 Å². The number of rotatable bonds is 6. The maximum Gasteiger partial charge on any atom is 0.416 e. The minimum absolute atomic E-state index is 0.0332. The Balaban J connectivity index is 1.79. The van der Waals surface area contributed by atoms with Crippen molar-refractivity contribution < 1.29 is 27.8 Å². The summed E-state index contributed by atoms with van der Waals surface area (Å²) in [5, 5.41) is 9.28. The van der Waals surface area contributed by atoms with Gasteiger partial charge in [-0.05, 0) is 65.8 Å². The van der Waals surface area contributed by atoms with E-state index in [0.717, 1.165) is 35.3 Å². The van der Waals surface area contributed by atoms with Gasteiger partial charge < -0.3 is 9.84 Å². The topological polar surface area (TPSA) is 59.4 Å². The van der Waals surface area contributed by atoms with Crippen molar-refractivity contribution in [3.63, 3.8) is 0 Å². The van der Waals surface area contributed by atoms with Crippen molar-refractivity contribution in [1.29, 1.82) is 0 Å². The van der Waals surface area contributed by atoms with Crippen molar-refractivity contribution in [2.75, 3.05) is 0 Å². The zero-order valence-corrected chi connectivity index (χ0v) is 17.0. The summed E-state index contributed by atoms with van der Waals surface area (Å²) in [4.78, 5) is 15.4.